The summed E-state index contributed by atoms with van der Waals surface area (Å²) in [6.07, 6.45) is 1.19. The van der Waals surface area contributed by atoms with Gasteiger partial charge < -0.3 is 28.5 Å². The topological polar surface area (TPSA) is 133 Å². The standard InChI is InChI=1S/C41H45F2N5O7/c1-23-25(20-53-40-45-35(51-5)30(36(46-40)52-6)19-47-21-41(3,4)22-47)10-7-11-27(23)28-12-8-13-29(24(28)2)37-44-31-16-26(18-48-15-9-14-32(48)38(49)50)33(55-39(42)43)17-34(31)54-37/h7-8,10-13,16-17,32,39H,9,14-15,18-22H2,1-6H3,(H,49,50)/t32-/m0/s1. The molecule has 2 aliphatic rings. The molecule has 2 aliphatic heterocycles. The van der Waals surface area contributed by atoms with Gasteiger partial charge in [0.15, 0.2) is 5.58 Å². The number of carbonyl (C=O) groups is 1. The number of hydrogen-bond donors (Lipinski definition) is 1. The molecule has 3 aromatic carbocycles. The highest BCUT2D eigenvalue weighted by Gasteiger charge is 2.36. The van der Waals surface area contributed by atoms with Crippen molar-refractivity contribution in [3.8, 4) is 46.1 Å². The van der Waals surface area contributed by atoms with E-state index in [2.05, 4.69) is 28.7 Å². The van der Waals surface area contributed by atoms with E-state index in [1.807, 2.05) is 50.2 Å². The minimum Gasteiger partial charge on any atom is -0.481 e. The molecule has 55 heavy (non-hydrogen) atoms. The summed E-state index contributed by atoms with van der Waals surface area (Å²) in [6, 6.07) is 14.3. The second-order valence-corrected chi connectivity index (χ2v) is 15.0. The molecule has 0 bridgehead atoms. The summed E-state index contributed by atoms with van der Waals surface area (Å²) < 4.78 is 55.4. The van der Waals surface area contributed by atoms with Gasteiger partial charge in [0.25, 0.3) is 0 Å². The minimum absolute atomic E-state index is 0.0737. The zero-order valence-corrected chi connectivity index (χ0v) is 31.8. The third kappa shape index (κ3) is 7.92. The quantitative estimate of drug-likeness (QED) is 0.119. The van der Waals surface area contributed by atoms with Crippen LogP contribution in [-0.4, -0.2) is 82.3 Å². The Morgan fingerprint density at radius 3 is 2.27 bits per heavy atom. The molecule has 1 atom stereocenters. The van der Waals surface area contributed by atoms with Gasteiger partial charge in [-0.25, -0.2) is 4.98 Å². The van der Waals surface area contributed by atoms with Gasteiger partial charge in [-0.1, -0.05) is 44.2 Å². The van der Waals surface area contributed by atoms with Crippen LogP contribution in [0.1, 0.15) is 54.5 Å². The Balaban J connectivity index is 1.14. The summed E-state index contributed by atoms with van der Waals surface area (Å²) in [5.74, 6) is 0.129. The van der Waals surface area contributed by atoms with E-state index in [1.54, 1.807) is 25.2 Å². The lowest BCUT2D eigenvalue weighted by Crippen LogP contribution is -2.52. The van der Waals surface area contributed by atoms with Gasteiger partial charge >= 0.3 is 18.6 Å². The van der Waals surface area contributed by atoms with Gasteiger partial charge in [-0.15, -0.1) is 0 Å². The maximum absolute atomic E-state index is 13.5. The number of alkyl halides is 2. The fourth-order valence-corrected chi connectivity index (χ4v) is 7.85. The van der Waals surface area contributed by atoms with Crippen LogP contribution < -0.4 is 18.9 Å². The molecule has 2 saturated heterocycles. The lowest BCUT2D eigenvalue weighted by Gasteiger charge is -2.46. The van der Waals surface area contributed by atoms with Crippen molar-refractivity contribution in [3.05, 3.63) is 76.3 Å². The smallest absolute Gasteiger partial charge is 0.387 e. The lowest BCUT2D eigenvalue weighted by atomic mass is 9.84. The number of likely N-dealkylation sites (tertiary alicyclic amines) is 2. The van der Waals surface area contributed by atoms with Crippen LogP contribution >= 0.6 is 0 Å². The van der Waals surface area contributed by atoms with Crippen LogP contribution in [0.2, 0.25) is 0 Å². The SMILES string of the molecule is COc1nc(OCc2cccc(-c3cccc(-c4nc5cc(CN6CCC[C@H]6C(=O)O)c(OC(F)F)cc5o4)c3C)c2C)nc(OC)c1CN1CC(C)(C)C1. The first-order valence-corrected chi connectivity index (χ1v) is 18.2. The number of benzene rings is 3. The molecular weight excluding hydrogens is 712 g/mol. The first-order valence-electron chi connectivity index (χ1n) is 18.2. The van der Waals surface area contributed by atoms with Crippen molar-refractivity contribution in [2.45, 2.75) is 72.9 Å². The highest BCUT2D eigenvalue weighted by molar-refractivity contribution is 5.82. The first kappa shape index (κ1) is 38.0. The first-order chi connectivity index (χ1) is 26.3. The van der Waals surface area contributed by atoms with Crippen molar-refractivity contribution in [2.75, 3.05) is 33.9 Å². The Kier molecular flexibility index (Phi) is 10.6. The van der Waals surface area contributed by atoms with Gasteiger partial charge in [-0.2, -0.15) is 18.7 Å². The molecule has 7 rings (SSSR count). The van der Waals surface area contributed by atoms with Crippen LogP contribution in [0, 0.1) is 19.3 Å². The Hall–Kier alpha value is -5.34. The number of aromatic nitrogens is 3. The number of nitrogens with zero attached hydrogens (tertiary/aromatic N) is 5. The minimum atomic E-state index is -3.07. The Bertz CT molecular complexity index is 2190. The average Bonchev–Trinajstić information content (AvgIpc) is 3.78. The predicted octanol–water partition coefficient (Wildman–Crippen LogP) is 7.66. The zero-order valence-electron chi connectivity index (χ0n) is 31.8. The Labute approximate surface area is 318 Å². The van der Waals surface area contributed by atoms with Crippen molar-refractivity contribution < 1.29 is 42.0 Å². The number of aliphatic carboxylic acids is 1. The van der Waals surface area contributed by atoms with Crippen molar-refractivity contribution in [2.24, 2.45) is 5.41 Å². The van der Waals surface area contributed by atoms with Gasteiger partial charge in [0, 0.05) is 43.4 Å². The fourth-order valence-electron chi connectivity index (χ4n) is 7.85. The number of ether oxygens (including phenoxy) is 4. The summed E-state index contributed by atoms with van der Waals surface area (Å²) in [6.45, 7) is 8.81. The Morgan fingerprint density at radius 2 is 1.62 bits per heavy atom. The summed E-state index contributed by atoms with van der Waals surface area (Å²) in [4.78, 5) is 29.7. The third-order valence-corrected chi connectivity index (χ3v) is 10.4. The molecule has 5 aromatic rings. The monoisotopic (exact) mass is 757 g/mol. The average molecular weight is 758 g/mol. The van der Waals surface area contributed by atoms with Gasteiger partial charge in [0.1, 0.15) is 23.9 Å². The molecule has 0 radical (unpaired) electrons. The molecule has 12 nitrogen and oxygen atoms in total. The molecule has 0 amide bonds. The largest absolute Gasteiger partial charge is 0.481 e. The number of fused-ring (bicyclic) bond motifs is 1. The van der Waals surface area contributed by atoms with Crippen molar-refractivity contribution in [1.82, 2.24) is 24.8 Å². The number of halogens is 2. The van der Waals surface area contributed by atoms with Gasteiger partial charge in [0.2, 0.25) is 17.7 Å². The van der Waals surface area contributed by atoms with Crippen molar-refractivity contribution in [3.63, 3.8) is 0 Å². The summed E-state index contributed by atoms with van der Waals surface area (Å²) in [5, 5.41) is 9.66. The molecular formula is C41H45F2N5O7. The summed E-state index contributed by atoms with van der Waals surface area (Å²) in [5.41, 5.74) is 7.68. The molecule has 1 N–H and O–H groups in total. The number of hydrogen-bond acceptors (Lipinski definition) is 11. The highest BCUT2D eigenvalue weighted by atomic mass is 19.3. The van der Waals surface area contributed by atoms with E-state index < -0.39 is 18.6 Å². The van der Waals surface area contributed by atoms with Gasteiger partial charge in [-0.05, 0) is 78.6 Å². The van der Waals surface area contributed by atoms with Crippen LogP contribution in [0.3, 0.4) is 0 Å². The highest BCUT2D eigenvalue weighted by Crippen LogP contribution is 2.38. The van der Waals surface area contributed by atoms with Crippen LogP contribution in [-0.2, 0) is 24.5 Å². The van der Waals surface area contributed by atoms with E-state index in [9.17, 15) is 18.7 Å². The molecule has 0 spiro atoms. The zero-order chi connectivity index (χ0) is 39.0. The van der Waals surface area contributed by atoms with Crippen LogP contribution in [0.5, 0.6) is 23.5 Å². The van der Waals surface area contributed by atoms with Crippen LogP contribution in [0.4, 0.5) is 8.78 Å². The number of rotatable bonds is 14. The molecule has 0 unspecified atom stereocenters. The number of oxazole rings is 1. The van der Waals surface area contributed by atoms with Crippen LogP contribution in [0.25, 0.3) is 33.7 Å². The molecule has 2 fully saturated rings. The van der Waals surface area contributed by atoms with Gasteiger partial charge in [-0.3, -0.25) is 14.6 Å². The molecule has 290 valence electrons. The van der Waals surface area contributed by atoms with E-state index in [0.717, 1.165) is 52.0 Å². The number of carboxylic acid groups (broad SMARTS) is 1. The maximum atomic E-state index is 13.5. The van der Waals surface area contributed by atoms with E-state index >= 15 is 0 Å². The predicted molar refractivity (Wildman–Crippen MR) is 201 cm³/mol. The third-order valence-electron chi connectivity index (χ3n) is 10.4. The molecule has 0 saturated carbocycles. The van der Waals surface area contributed by atoms with E-state index in [0.29, 0.717) is 54.7 Å². The van der Waals surface area contributed by atoms with Crippen molar-refractivity contribution >= 4 is 17.1 Å². The second-order valence-electron chi connectivity index (χ2n) is 15.0. The molecule has 0 aliphatic carbocycles. The van der Waals surface area contributed by atoms with E-state index in [4.69, 9.17) is 28.3 Å². The second kappa shape index (κ2) is 15.4. The van der Waals surface area contributed by atoms with Crippen LogP contribution in [0.15, 0.2) is 52.9 Å². The summed E-state index contributed by atoms with van der Waals surface area (Å²) >= 11 is 0. The Morgan fingerprint density at radius 1 is 0.945 bits per heavy atom. The molecule has 4 heterocycles. The molecule has 14 heteroatoms. The number of carboxylic acids is 1. The van der Waals surface area contributed by atoms with Crippen molar-refractivity contribution in [1.29, 1.82) is 0 Å². The fraction of sp³-hybridized carbons (Fsp3) is 0.415. The van der Waals surface area contributed by atoms with Gasteiger partial charge in [0.05, 0.1) is 19.8 Å². The van der Waals surface area contributed by atoms with E-state index in [-0.39, 0.29) is 35.9 Å². The summed E-state index contributed by atoms with van der Waals surface area (Å²) in [7, 11) is 3.15. The number of methoxy groups -OCH3 is 2. The lowest BCUT2D eigenvalue weighted by molar-refractivity contribution is -0.142. The normalized spacial score (nSPS) is 17.1. The maximum Gasteiger partial charge on any atom is 0.387 e. The molecule has 2 aromatic heterocycles. The van der Waals surface area contributed by atoms with E-state index in [1.165, 1.54) is 6.07 Å².